The predicted molar refractivity (Wildman–Crippen MR) is 78.4 cm³/mol. The maximum Gasteiger partial charge on any atom is 0.292 e. The molecule has 0 aliphatic rings. The SMILES string of the molecule is CCNc1ccc(CN(C)C(C)CC#N)cc1[N+](=O)[O-]. The van der Waals surface area contributed by atoms with Gasteiger partial charge in [-0.1, -0.05) is 6.07 Å². The van der Waals surface area contributed by atoms with Crippen LogP contribution >= 0.6 is 0 Å². The monoisotopic (exact) mass is 276 g/mol. The van der Waals surface area contributed by atoms with Crippen molar-refractivity contribution < 1.29 is 4.92 Å². The Kier molecular flexibility index (Phi) is 5.94. The maximum absolute atomic E-state index is 11.1. The summed E-state index contributed by atoms with van der Waals surface area (Å²) in [5, 5.41) is 22.8. The van der Waals surface area contributed by atoms with Crippen LogP contribution in [0.2, 0.25) is 0 Å². The van der Waals surface area contributed by atoms with Crippen LogP contribution in [0.5, 0.6) is 0 Å². The third-order valence-electron chi connectivity index (χ3n) is 3.20. The van der Waals surface area contributed by atoms with E-state index in [2.05, 4.69) is 11.4 Å². The number of hydrogen-bond donors (Lipinski definition) is 1. The molecule has 6 heteroatoms. The molecular weight excluding hydrogens is 256 g/mol. The lowest BCUT2D eigenvalue weighted by Gasteiger charge is -2.22. The van der Waals surface area contributed by atoms with E-state index in [4.69, 9.17) is 5.26 Å². The summed E-state index contributed by atoms with van der Waals surface area (Å²) in [6.45, 7) is 5.08. The van der Waals surface area contributed by atoms with Crippen LogP contribution in [-0.2, 0) is 6.54 Å². The molecule has 0 radical (unpaired) electrons. The van der Waals surface area contributed by atoms with Gasteiger partial charge in [-0.2, -0.15) is 5.26 Å². The summed E-state index contributed by atoms with van der Waals surface area (Å²) in [5.74, 6) is 0. The van der Waals surface area contributed by atoms with Gasteiger partial charge in [0.25, 0.3) is 5.69 Å². The zero-order valence-electron chi connectivity index (χ0n) is 12.1. The van der Waals surface area contributed by atoms with Gasteiger partial charge in [-0.25, -0.2) is 0 Å². The summed E-state index contributed by atoms with van der Waals surface area (Å²) in [6.07, 6.45) is 0.439. The number of nitrogens with zero attached hydrogens (tertiary/aromatic N) is 3. The highest BCUT2D eigenvalue weighted by Crippen LogP contribution is 2.26. The molecule has 0 aliphatic carbocycles. The summed E-state index contributed by atoms with van der Waals surface area (Å²) in [5.41, 5.74) is 1.49. The molecule has 0 spiro atoms. The zero-order valence-corrected chi connectivity index (χ0v) is 12.1. The van der Waals surface area contributed by atoms with Crippen LogP contribution in [0.4, 0.5) is 11.4 Å². The molecule has 1 N–H and O–H groups in total. The molecule has 1 atom stereocenters. The second-order valence-corrected chi connectivity index (χ2v) is 4.77. The van der Waals surface area contributed by atoms with E-state index in [-0.39, 0.29) is 16.7 Å². The second kappa shape index (κ2) is 7.46. The van der Waals surface area contributed by atoms with E-state index in [0.717, 1.165) is 5.56 Å². The summed E-state index contributed by atoms with van der Waals surface area (Å²) in [6, 6.07) is 7.45. The number of hydrogen-bond acceptors (Lipinski definition) is 5. The average molecular weight is 276 g/mol. The Morgan fingerprint density at radius 2 is 2.25 bits per heavy atom. The standard InChI is InChI=1S/C14H20N4O2/c1-4-16-13-6-5-12(9-14(13)18(19)20)10-17(3)11(2)7-8-15/h5-6,9,11,16H,4,7,10H2,1-3H3. The third-order valence-corrected chi connectivity index (χ3v) is 3.20. The largest absolute Gasteiger partial charge is 0.380 e. The van der Waals surface area contributed by atoms with Crippen LogP contribution in [0.3, 0.4) is 0 Å². The average Bonchev–Trinajstić information content (AvgIpc) is 2.40. The van der Waals surface area contributed by atoms with Gasteiger partial charge >= 0.3 is 0 Å². The summed E-state index contributed by atoms with van der Waals surface area (Å²) >= 11 is 0. The number of nitro groups is 1. The van der Waals surface area contributed by atoms with Gasteiger partial charge in [-0.05, 0) is 32.5 Å². The molecule has 0 amide bonds. The van der Waals surface area contributed by atoms with Gasteiger partial charge in [0.05, 0.1) is 17.4 Å². The fourth-order valence-corrected chi connectivity index (χ4v) is 1.90. The first-order valence-electron chi connectivity index (χ1n) is 6.58. The first-order chi connectivity index (χ1) is 9.49. The summed E-state index contributed by atoms with van der Waals surface area (Å²) < 4.78 is 0. The van der Waals surface area contributed by atoms with Crippen molar-refractivity contribution in [3.63, 3.8) is 0 Å². The van der Waals surface area contributed by atoms with E-state index in [0.29, 0.717) is 25.2 Å². The number of nitrogens with one attached hydrogen (secondary N) is 1. The van der Waals surface area contributed by atoms with Gasteiger partial charge in [-0.15, -0.1) is 0 Å². The molecule has 1 rings (SSSR count). The van der Waals surface area contributed by atoms with Gasteiger partial charge in [0, 0.05) is 25.2 Å². The first kappa shape index (κ1) is 15.9. The van der Waals surface area contributed by atoms with Crippen LogP contribution in [-0.4, -0.2) is 29.5 Å². The highest BCUT2D eigenvalue weighted by Gasteiger charge is 2.16. The molecule has 0 saturated heterocycles. The van der Waals surface area contributed by atoms with Crippen molar-refractivity contribution in [1.29, 1.82) is 5.26 Å². The fourth-order valence-electron chi connectivity index (χ4n) is 1.90. The minimum atomic E-state index is -0.375. The number of benzene rings is 1. The lowest BCUT2D eigenvalue weighted by Crippen LogP contribution is -2.28. The van der Waals surface area contributed by atoms with E-state index >= 15 is 0 Å². The second-order valence-electron chi connectivity index (χ2n) is 4.77. The molecule has 1 aromatic rings. The van der Waals surface area contributed by atoms with Crippen LogP contribution < -0.4 is 5.32 Å². The zero-order chi connectivity index (χ0) is 15.1. The highest BCUT2D eigenvalue weighted by molar-refractivity contribution is 5.62. The Hall–Kier alpha value is -2.13. The Morgan fingerprint density at radius 3 is 2.80 bits per heavy atom. The predicted octanol–water partition coefficient (Wildman–Crippen LogP) is 2.76. The minimum absolute atomic E-state index is 0.0886. The number of nitro benzene ring substituents is 1. The topological polar surface area (TPSA) is 82.2 Å². The minimum Gasteiger partial charge on any atom is -0.380 e. The van der Waals surface area contributed by atoms with Crippen LogP contribution in [0.15, 0.2) is 18.2 Å². The van der Waals surface area contributed by atoms with E-state index in [9.17, 15) is 10.1 Å². The Balaban J connectivity index is 2.90. The van der Waals surface area contributed by atoms with Crippen molar-refractivity contribution >= 4 is 11.4 Å². The normalized spacial score (nSPS) is 11.9. The lowest BCUT2D eigenvalue weighted by molar-refractivity contribution is -0.384. The van der Waals surface area contributed by atoms with Crippen LogP contribution in [0, 0.1) is 21.4 Å². The van der Waals surface area contributed by atoms with Crippen LogP contribution in [0.1, 0.15) is 25.8 Å². The molecule has 0 bridgehead atoms. The molecule has 108 valence electrons. The summed E-state index contributed by atoms with van der Waals surface area (Å²) in [7, 11) is 1.91. The fraction of sp³-hybridized carbons (Fsp3) is 0.500. The smallest absolute Gasteiger partial charge is 0.292 e. The van der Waals surface area contributed by atoms with E-state index in [1.807, 2.05) is 31.9 Å². The number of nitriles is 1. The van der Waals surface area contributed by atoms with Crippen LogP contribution in [0.25, 0.3) is 0 Å². The van der Waals surface area contributed by atoms with Crippen molar-refractivity contribution in [1.82, 2.24) is 4.90 Å². The maximum atomic E-state index is 11.1. The van der Waals surface area contributed by atoms with Gasteiger partial charge in [0.1, 0.15) is 5.69 Å². The van der Waals surface area contributed by atoms with E-state index in [1.54, 1.807) is 12.1 Å². The Bertz CT molecular complexity index is 510. The molecule has 20 heavy (non-hydrogen) atoms. The molecule has 1 aromatic carbocycles. The third kappa shape index (κ3) is 4.21. The molecule has 6 nitrogen and oxygen atoms in total. The van der Waals surface area contributed by atoms with E-state index < -0.39 is 0 Å². The Labute approximate surface area is 119 Å². The number of anilines is 1. The van der Waals surface area contributed by atoms with Crippen molar-refractivity contribution in [2.75, 3.05) is 18.9 Å². The highest BCUT2D eigenvalue weighted by atomic mass is 16.6. The van der Waals surface area contributed by atoms with Crippen molar-refractivity contribution in [3.05, 3.63) is 33.9 Å². The van der Waals surface area contributed by atoms with Gasteiger partial charge in [0.15, 0.2) is 0 Å². The molecule has 0 aromatic heterocycles. The quantitative estimate of drug-likeness (QED) is 0.611. The van der Waals surface area contributed by atoms with Crippen molar-refractivity contribution in [2.45, 2.75) is 32.9 Å². The number of rotatable bonds is 7. The Morgan fingerprint density at radius 1 is 1.55 bits per heavy atom. The van der Waals surface area contributed by atoms with Gasteiger partial charge in [0.2, 0.25) is 0 Å². The van der Waals surface area contributed by atoms with Crippen molar-refractivity contribution in [2.24, 2.45) is 0 Å². The molecule has 1 unspecified atom stereocenters. The molecule has 0 aliphatic heterocycles. The van der Waals surface area contributed by atoms with Gasteiger partial charge in [-0.3, -0.25) is 15.0 Å². The lowest BCUT2D eigenvalue weighted by atomic mass is 10.1. The molecule has 0 fully saturated rings. The first-order valence-corrected chi connectivity index (χ1v) is 6.58. The van der Waals surface area contributed by atoms with Crippen molar-refractivity contribution in [3.8, 4) is 6.07 Å². The van der Waals surface area contributed by atoms with E-state index in [1.165, 1.54) is 0 Å². The van der Waals surface area contributed by atoms with Gasteiger partial charge < -0.3 is 5.32 Å². The molecular formula is C14H20N4O2. The summed E-state index contributed by atoms with van der Waals surface area (Å²) in [4.78, 5) is 12.7. The molecule has 0 heterocycles. The molecule has 0 saturated carbocycles.